The second kappa shape index (κ2) is 12.1. The van der Waals surface area contributed by atoms with Crippen molar-refractivity contribution < 1.29 is 14.3 Å². The van der Waals surface area contributed by atoms with Gasteiger partial charge < -0.3 is 24.7 Å². The Bertz CT molecular complexity index is 1750. The molecule has 42 heavy (non-hydrogen) atoms. The summed E-state index contributed by atoms with van der Waals surface area (Å²) in [5.41, 5.74) is 5.90. The van der Waals surface area contributed by atoms with Crippen LogP contribution in [0.3, 0.4) is 0 Å². The summed E-state index contributed by atoms with van der Waals surface area (Å²) in [5, 5.41) is 6.43. The lowest BCUT2D eigenvalue weighted by molar-refractivity contribution is 0.0303. The predicted molar refractivity (Wildman–Crippen MR) is 166 cm³/mol. The van der Waals surface area contributed by atoms with E-state index in [2.05, 4.69) is 15.6 Å². The van der Waals surface area contributed by atoms with Gasteiger partial charge in [-0.15, -0.1) is 11.8 Å². The molecule has 2 aromatic heterocycles. The normalized spacial score (nSPS) is 13.2. The Morgan fingerprint density at radius 2 is 1.69 bits per heavy atom. The molecule has 0 unspecified atom stereocenters. The van der Waals surface area contributed by atoms with E-state index in [1.165, 1.54) is 0 Å². The molecule has 0 bridgehead atoms. The SMILES string of the molecule is CSc1ccc(C(=O)Nc2cccc(-c3cn4ccnc4c(Nc4ccc(C(=O)N5CCOCC5)cc4)n3)c2C)cc1. The van der Waals surface area contributed by atoms with Gasteiger partial charge in [-0.3, -0.25) is 9.59 Å². The first-order valence-electron chi connectivity index (χ1n) is 13.6. The molecule has 0 radical (unpaired) electrons. The highest BCUT2D eigenvalue weighted by molar-refractivity contribution is 7.98. The van der Waals surface area contributed by atoms with Crippen molar-refractivity contribution in [1.29, 1.82) is 0 Å². The fourth-order valence-electron chi connectivity index (χ4n) is 4.91. The van der Waals surface area contributed by atoms with Crippen LogP contribution >= 0.6 is 11.8 Å². The Balaban J connectivity index is 1.25. The van der Waals surface area contributed by atoms with Gasteiger partial charge in [0.1, 0.15) is 0 Å². The molecule has 212 valence electrons. The second-order valence-corrected chi connectivity index (χ2v) is 10.8. The van der Waals surface area contributed by atoms with E-state index in [0.29, 0.717) is 54.6 Å². The monoisotopic (exact) mass is 578 g/mol. The first kappa shape index (κ1) is 27.5. The van der Waals surface area contributed by atoms with Crippen LogP contribution in [0.25, 0.3) is 16.9 Å². The molecule has 1 fully saturated rings. The number of morpholine rings is 1. The topological polar surface area (TPSA) is 101 Å². The summed E-state index contributed by atoms with van der Waals surface area (Å²) in [5.74, 6) is 0.409. The number of ether oxygens (including phenoxy) is 1. The van der Waals surface area contributed by atoms with Gasteiger partial charge in [0.15, 0.2) is 11.5 Å². The molecule has 1 saturated heterocycles. The lowest BCUT2D eigenvalue weighted by atomic mass is 10.0. The van der Waals surface area contributed by atoms with Crippen molar-refractivity contribution in [1.82, 2.24) is 19.3 Å². The number of rotatable bonds is 7. The van der Waals surface area contributed by atoms with Crippen LogP contribution in [0.15, 0.2) is 90.2 Å². The molecule has 1 aliphatic heterocycles. The van der Waals surface area contributed by atoms with Crippen molar-refractivity contribution in [3.05, 3.63) is 102 Å². The average Bonchev–Trinajstić information content (AvgIpc) is 3.52. The second-order valence-electron chi connectivity index (χ2n) is 9.90. The minimum atomic E-state index is -0.168. The van der Waals surface area contributed by atoms with Crippen LogP contribution in [0.5, 0.6) is 0 Å². The number of hydrogen-bond acceptors (Lipinski definition) is 7. The summed E-state index contributed by atoms with van der Waals surface area (Å²) in [4.78, 5) is 38.2. The largest absolute Gasteiger partial charge is 0.378 e. The lowest BCUT2D eigenvalue weighted by Gasteiger charge is -2.26. The number of carbonyl (C=O) groups excluding carboxylic acids is 2. The van der Waals surface area contributed by atoms with E-state index >= 15 is 0 Å². The summed E-state index contributed by atoms with van der Waals surface area (Å²) in [6.45, 7) is 4.30. The Morgan fingerprint density at radius 1 is 0.952 bits per heavy atom. The average molecular weight is 579 g/mol. The molecule has 6 rings (SSSR count). The maximum absolute atomic E-state index is 13.0. The first-order valence-corrected chi connectivity index (χ1v) is 14.9. The zero-order valence-corrected chi connectivity index (χ0v) is 24.1. The van der Waals surface area contributed by atoms with E-state index < -0.39 is 0 Å². The number of thioether (sulfide) groups is 1. The molecule has 0 spiro atoms. The molecule has 3 aromatic carbocycles. The number of carbonyl (C=O) groups is 2. The molecule has 10 heteroatoms. The zero-order valence-electron chi connectivity index (χ0n) is 23.3. The van der Waals surface area contributed by atoms with Gasteiger partial charge in [0.2, 0.25) is 0 Å². The number of nitrogens with zero attached hydrogens (tertiary/aromatic N) is 4. The third kappa shape index (κ3) is 5.72. The highest BCUT2D eigenvalue weighted by Gasteiger charge is 2.19. The fourth-order valence-corrected chi connectivity index (χ4v) is 5.32. The number of anilines is 3. The van der Waals surface area contributed by atoms with Gasteiger partial charge in [0.05, 0.1) is 18.9 Å². The summed E-state index contributed by atoms with van der Waals surface area (Å²) >= 11 is 1.64. The van der Waals surface area contributed by atoms with Crippen LogP contribution in [0, 0.1) is 6.92 Å². The first-order chi connectivity index (χ1) is 20.5. The van der Waals surface area contributed by atoms with E-state index in [0.717, 1.165) is 27.4 Å². The molecule has 9 nitrogen and oxygen atoms in total. The van der Waals surface area contributed by atoms with Gasteiger partial charge in [0, 0.05) is 64.6 Å². The Kier molecular flexibility index (Phi) is 7.89. The molecular formula is C32H30N6O3S. The maximum atomic E-state index is 13.0. The molecule has 5 aromatic rings. The molecule has 0 atom stereocenters. The van der Waals surface area contributed by atoms with Crippen molar-refractivity contribution in [2.45, 2.75) is 11.8 Å². The smallest absolute Gasteiger partial charge is 0.255 e. The Labute approximate surface area is 247 Å². The number of nitrogens with one attached hydrogen (secondary N) is 2. The van der Waals surface area contributed by atoms with Crippen LogP contribution in [0.4, 0.5) is 17.2 Å². The van der Waals surface area contributed by atoms with Crippen LogP contribution in [-0.2, 0) is 4.74 Å². The van der Waals surface area contributed by atoms with Crippen molar-refractivity contribution in [3.63, 3.8) is 0 Å². The van der Waals surface area contributed by atoms with Gasteiger partial charge in [0.25, 0.3) is 11.8 Å². The highest BCUT2D eigenvalue weighted by Crippen LogP contribution is 2.30. The molecule has 3 heterocycles. The molecule has 0 saturated carbocycles. The minimum Gasteiger partial charge on any atom is -0.378 e. The summed E-state index contributed by atoms with van der Waals surface area (Å²) in [6, 6.07) is 20.7. The van der Waals surface area contributed by atoms with Crippen LogP contribution in [0.2, 0.25) is 0 Å². The molecule has 1 aliphatic rings. The third-order valence-corrected chi connectivity index (χ3v) is 8.02. The molecule has 0 aliphatic carbocycles. The standard InChI is InChI=1S/C32H30N6O3S/c1-21-26(4-3-5-27(21)36-31(39)22-8-12-25(42-2)13-9-22)28-20-38-15-14-33-30(38)29(35-28)34-24-10-6-23(7-11-24)32(40)37-16-18-41-19-17-37/h3-15,20H,16-19H2,1-2H3,(H,34,35)(H,36,39). The third-order valence-electron chi connectivity index (χ3n) is 7.28. The summed E-state index contributed by atoms with van der Waals surface area (Å²) in [7, 11) is 0. The Morgan fingerprint density at radius 3 is 2.43 bits per heavy atom. The maximum Gasteiger partial charge on any atom is 0.255 e. The van der Waals surface area contributed by atoms with Crippen LogP contribution < -0.4 is 10.6 Å². The van der Waals surface area contributed by atoms with Crippen LogP contribution in [-0.4, -0.2) is 63.6 Å². The quantitative estimate of drug-likeness (QED) is 0.232. The van der Waals surface area contributed by atoms with Gasteiger partial charge in [-0.2, -0.15) is 0 Å². The van der Waals surface area contributed by atoms with Gasteiger partial charge in [-0.25, -0.2) is 9.97 Å². The van der Waals surface area contributed by atoms with E-state index in [-0.39, 0.29) is 11.8 Å². The van der Waals surface area contributed by atoms with E-state index in [1.807, 2.05) is 102 Å². The minimum absolute atomic E-state index is 0.0000412. The van der Waals surface area contributed by atoms with E-state index in [9.17, 15) is 9.59 Å². The predicted octanol–water partition coefficient (Wildman–Crippen LogP) is 5.89. The number of hydrogen-bond donors (Lipinski definition) is 2. The van der Waals surface area contributed by atoms with Gasteiger partial charge in [-0.05, 0) is 73.3 Å². The Hall–Kier alpha value is -4.67. The highest BCUT2D eigenvalue weighted by atomic mass is 32.2. The van der Waals surface area contributed by atoms with E-state index in [1.54, 1.807) is 18.0 Å². The number of imidazole rings is 1. The summed E-state index contributed by atoms with van der Waals surface area (Å²) in [6.07, 6.45) is 7.52. The summed E-state index contributed by atoms with van der Waals surface area (Å²) < 4.78 is 7.28. The molecular weight excluding hydrogens is 548 g/mol. The van der Waals surface area contributed by atoms with Crippen molar-refractivity contribution in [2.24, 2.45) is 0 Å². The number of benzene rings is 3. The number of fused-ring (bicyclic) bond motifs is 1. The van der Waals surface area contributed by atoms with Crippen molar-refractivity contribution >= 4 is 46.4 Å². The lowest BCUT2D eigenvalue weighted by Crippen LogP contribution is -2.40. The number of aromatic nitrogens is 3. The van der Waals surface area contributed by atoms with E-state index in [4.69, 9.17) is 9.72 Å². The van der Waals surface area contributed by atoms with Crippen molar-refractivity contribution in [3.8, 4) is 11.3 Å². The fraction of sp³-hybridized carbons (Fsp3) is 0.188. The molecule has 2 amide bonds. The number of amides is 2. The van der Waals surface area contributed by atoms with Crippen molar-refractivity contribution in [2.75, 3.05) is 43.2 Å². The van der Waals surface area contributed by atoms with Crippen LogP contribution in [0.1, 0.15) is 26.3 Å². The zero-order chi connectivity index (χ0) is 29.1. The molecule has 2 N–H and O–H groups in total. The van der Waals surface area contributed by atoms with Gasteiger partial charge in [-0.1, -0.05) is 12.1 Å². The van der Waals surface area contributed by atoms with Gasteiger partial charge >= 0.3 is 0 Å².